The SMILES string of the molecule is Cc1nnc(N2C(=O)CN(C)C2=O)s1. The van der Waals surface area contributed by atoms with Gasteiger partial charge in [-0.25, -0.2) is 9.69 Å². The molecular weight excluding hydrogens is 204 g/mol. The van der Waals surface area contributed by atoms with Gasteiger partial charge in [0.05, 0.1) is 0 Å². The van der Waals surface area contributed by atoms with Gasteiger partial charge in [-0.1, -0.05) is 11.3 Å². The van der Waals surface area contributed by atoms with E-state index in [0.717, 1.165) is 9.91 Å². The highest BCUT2D eigenvalue weighted by Gasteiger charge is 2.36. The van der Waals surface area contributed by atoms with E-state index < -0.39 is 0 Å². The third-order valence-corrected chi connectivity index (χ3v) is 2.67. The Kier molecular flexibility index (Phi) is 1.95. The van der Waals surface area contributed by atoms with Crippen molar-refractivity contribution in [1.82, 2.24) is 15.1 Å². The van der Waals surface area contributed by atoms with E-state index in [9.17, 15) is 9.59 Å². The molecule has 74 valence electrons. The van der Waals surface area contributed by atoms with Crippen molar-refractivity contribution >= 4 is 28.4 Å². The number of nitrogens with zero attached hydrogens (tertiary/aromatic N) is 4. The second-order valence-corrected chi connectivity index (χ2v) is 4.13. The summed E-state index contributed by atoms with van der Waals surface area (Å²) >= 11 is 1.23. The Morgan fingerprint density at radius 1 is 1.36 bits per heavy atom. The number of amides is 3. The number of carbonyl (C=O) groups is 2. The third kappa shape index (κ3) is 1.25. The first-order valence-electron chi connectivity index (χ1n) is 3.98. The van der Waals surface area contributed by atoms with Crippen molar-refractivity contribution in [2.24, 2.45) is 0 Å². The number of hydrogen-bond acceptors (Lipinski definition) is 5. The third-order valence-electron chi connectivity index (χ3n) is 1.85. The molecule has 1 saturated heterocycles. The van der Waals surface area contributed by atoms with Crippen molar-refractivity contribution in [2.75, 3.05) is 18.5 Å². The number of aryl methyl sites for hydroxylation is 1. The molecule has 14 heavy (non-hydrogen) atoms. The molecule has 7 heteroatoms. The molecule has 0 aliphatic carbocycles. The van der Waals surface area contributed by atoms with Crippen LogP contribution >= 0.6 is 11.3 Å². The predicted molar refractivity (Wildman–Crippen MR) is 50.2 cm³/mol. The summed E-state index contributed by atoms with van der Waals surface area (Å²) < 4.78 is 0. The molecule has 3 amide bonds. The number of anilines is 1. The lowest BCUT2D eigenvalue weighted by atomic mass is 10.6. The first-order valence-corrected chi connectivity index (χ1v) is 4.79. The Morgan fingerprint density at radius 2 is 2.07 bits per heavy atom. The standard InChI is InChI=1S/C7H8N4O2S/c1-4-8-9-6(14-4)11-5(12)3-10(2)7(11)13/h3H2,1-2H3. The van der Waals surface area contributed by atoms with Crippen molar-refractivity contribution in [3.05, 3.63) is 5.01 Å². The second kappa shape index (κ2) is 3.02. The quantitative estimate of drug-likeness (QED) is 0.626. The Balaban J connectivity index is 2.35. The molecule has 1 aliphatic heterocycles. The highest BCUT2D eigenvalue weighted by molar-refractivity contribution is 7.15. The molecule has 1 fully saturated rings. The van der Waals surface area contributed by atoms with Gasteiger partial charge in [-0.05, 0) is 6.92 Å². The van der Waals surface area contributed by atoms with Crippen LogP contribution in [0.25, 0.3) is 0 Å². The average Bonchev–Trinajstić information content (AvgIpc) is 2.60. The highest BCUT2D eigenvalue weighted by atomic mass is 32.1. The maximum Gasteiger partial charge on any atom is 0.333 e. The van der Waals surface area contributed by atoms with Crippen LogP contribution in [0.3, 0.4) is 0 Å². The normalized spacial score (nSPS) is 17.0. The molecule has 0 unspecified atom stereocenters. The molecule has 0 saturated carbocycles. The zero-order valence-corrected chi connectivity index (χ0v) is 8.54. The number of urea groups is 1. The van der Waals surface area contributed by atoms with Crippen LogP contribution in [0, 0.1) is 6.92 Å². The molecule has 0 atom stereocenters. The first-order chi connectivity index (χ1) is 6.59. The molecule has 0 aromatic carbocycles. The highest BCUT2D eigenvalue weighted by Crippen LogP contribution is 2.23. The van der Waals surface area contributed by atoms with E-state index in [1.165, 1.54) is 16.2 Å². The van der Waals surface area contributed by atoms with E-state index in [-0.39, 0.29) is 18.5 Å². The van der Waals surface area contributed by atoms with Gasteiger partial charge in [0.1, 0.15) is 11.6 Å². The summed E-state index contributed by atoms with van der Waals surface area (Å²) in [6.45, 7) is 1.88. The van der Waals surface area contributed by atoms with Crippen LogP contribution in [0.4, 0.5) is 9.93 Å². The molecular formula is C7H8N4O2S. The van der Waals surface area contributed by atoms with Gasteiger partial charge in [0.15, 0.2) is 0 Å². The van der Waals surface area contributed by atoms with Crippen LogP contribution in [0.2, 0.25) is 0 Å². The monoisotopic (exact) mass is 212 g/mol. The zero-order chi connectivity index (χ0) is 10.3. The number of likely N-dealkylation sites (N-methyl/N-ethyl adjacent to an activating group) is 1. The summed E-state index contributed by atoms with van der Waals surface area (Å²) in [6.07, 6.45) is 0. The summed E-state index contributed by atoms with van der Waals surface area (Å²) in [5.41, 5.74) is 0. The number of carbonyl (C=O) groups excluding carboxylic acids is 2. The van der Waals surface area contributed by atoms with Gasteiger partial charge >= 0.3 is 6.03 Å². The lowest BCUT2D eigenvalue weighted by Crippen LogP contribution is -2.31. The lowest BCUT2D eigenvalue weighted by Gasteiger charge is -2.08. The van der Waals surface area contributed by atoms with Crippen LogP contribution in [-0.2, 0) is 4.79 Å². The van der Waals surface area contributed by atoms with Crippen molar-refractivity contribution in [1.29, 1.82) is 0 Å². The summed E-state index contributed by atoms with van der Waals surface area (Å²) in [4.78, 5) is 25.3. The molecule has 0 spiro atoms. The smallest absolute Gasteiger partial charge is 0.318 e. The Morgan fingerprint density at radius 3 is 2.50 bits per heavy atom. The summed E-state index contributed by atoms with van der Waals surface area (Å²) in [5, 5.41) is 8.60. The summed E-state index contributed by atoms with van der Waals surface area (Å²) in [7, 11) is 1.58. The average molecular weight is 212 g/mol. The predicted octanol–water partition coefficient (Wildman–Crippen LogP) is 0.245. The minimum absolute atomic E-state index is 0.109. The van der Waals surface area contributed by atoms with E-state index in [1.54, 1.807) is 14.0 Å². The first kappa shape index (κ1) is 9.07. The number of aromatic nitrogens is 2. The van der Waals surface area contributed by atoms with E-state index in [0.29, 0.717) is 5.13 Å². The summed E-state index contributed by atoms with van der Waals surface area (Å²) in [6, 6.07) is -0.342. The Labute approximate surface area is 84.1 Å². The van der Waals surface area contributed by atoms with E-state index in [4.69, 9.17) is 0 Å². The maximum atomic E-state index is 11.5. The number of rotatable bonds is 1. The van der Waals surface area contributed by atoms with E-state index >= 15 is 0 Å². The molecule has 0 bridgehead atoms. The van der Waals surface area contributed by atoms with Crippen molar-refractivity contribution in [2.45, 2.75) is 6.92 Å². The molecule has 2 rings (SSSR count). The van der Waals surface area contributed by atoms with Crippen LogP contribution in [0.15, 0.2) is 0 Å². The topological polar surface area (TPSA) is 66.4 Å². The van der Waals surface area contributed by atoms with Gasteiger partial charge in [0.2, 0.25) is 5.13 Å². The van der Waals surface area contributed by atoms with Gasteiger partial charge in [-0.15, -0.1) is 10.2 Å². The van der Waals surface area contributed by atoms with Crippen LogP contribution in [-0.4, -0.2) is 40.6 Å². The van der Waals surface area contributed by atoms with Gasteiger partial charge in [0, 0.05) is 7.05 Å². The van der Waals surface area contributed by atoms with Crippen molar-refractivity contribution < 1.29 is 9.59 Å². The molecule has 1 aliphatic rings. The fourth-order valence-corrected chi connectivity index (χ4v) is 1.88. The van der Waals surface area contributed by atoms with Gasteiger partial charge in [-0.3, -0.25) is 4.79 Å². The van der Waals surface area contributed by atoms with Crippen LogP contribution in [0.5, 0.6) is 0 Å². The fourth-order valence-electron chi connectivity index (χ4n) is 1.18. The van der Waals surface area contributed by atoms with Gasteiger partial charge in [-0.2, -0.15) is 0 Å². The maximum absolute atomic E-state index is 11.5. The zero-order valence-electron chi connectivity index (χ0n) is 7.72. The molecule has 6 nitrogen and oxygen atoms in total. The van der Waals surface area contributed by atoms with Gasteiger partial charge in [0.25, 0.3) is 5.91 Å². The van der Waals surface area contributed by atoms with Crippen LogP contribution in [0.1, 0.15) is 5.01 Å². The van der Waals surface area contributed by atoms with Crippen molar-refractivity contribution in [3.63, 3.8) is 0 Å². The molecule has 1 aromatic rings. The van der Waals surface area contributed by atoms with E-state index in [1.807, 2.05) is 0 Å². The molecule has 2 heterocycles. The lowest BCUT2D eigenvalue weighted by molar-refractivity contribution is -0.116. The second-order valence-electron chi connectivity index (χ2n) is 2.97. The minimum Gasteiger partial charge on any atom is -0.318 e. The largest absolute Gasteiger partial charge is 0.333 e. The number of hydrogen-bond donors (Lipinski definition) is 0. The molecule has 0 radical (unpaired) electrons. The fraction of sp³-hybridized carbons (Fsp3) is 0.429. The van der Waals surface area contributed by atoms with Crippen molar-refractivity contribution in [3.8, 4) is 0 Å². The number of imide groups is 1. The minimum atomic E-state index is -0.342. The molecule has 1 aromatic heterocycles. The van der Waals surface area contributed by atoms with Gasteiger partial charge < -0.3 is 4.90 Å². The van der Waals surface area contributed by atoms with Crippen LogP contribution < -0.4 is 4.90 Å². The summed E-state index contributed by atoms with van der Waals surface area (Å²) in [5.74, 6) is -0.256. The molecule has 0 N–H and O–H groups in total. The Bertz CT molecular complexity index is 402. The Hall–Kier alpha value is -1.50. The van der Waals surface area contributed by atoms with E-state index in [2.05, 4.69) is 10.2 Å².